The maximum Gasteiger partial charge on any atom is 0.329 e. The van der Waals surface area contributed by atoms with Crippen LogP contribution < -0.4 is 15.5 Å². The molecule has 0 saturated carbocycles. The molecule has 0 unspecified atom stereocenters. The zero-order valence-corrected chi connectivity index (χ0v) is 13.1. The molecule has 0 bridgehead atoms. The van der Waals surface area contributed by atoms with Gasteiger partial charge in [0.1, 0.15) is 5.75 Å². The molecular formula is C18H17N3O3. The Labute approximate surface area is 139 Å². The number of anilines is 1. The Morgan fingerprint density at radius 1 is 1.00 bits per heavy atom. The molecular weight excluding hydrogens is 306 g/mol. The van der Waals surface area contributed by atoms with Crippen molar-refractivity contribution >= 4 is 29.8 Å². The number of methoxy groups -OCH3 is 1. The van der Waals surface area contributed by atoms with Gasteiger partial charge in [-0.15, -0.1) is 0 Å². The van der Waals surface area contributed by atoms with Crippen molar-refractivity contribution < 1.29 is 14.3 Å². The monoisotopic (exact) mass is 323 g/mol. The molecule has 2 rings (SSSR count). The van der Waals surface area contributed by atoms with Crippen LogP contribution in [0.1, 0.15) is 5.56 Å². The summed E-state index contributed by atoms with van der Waals surface area (Å²) in [5.41, 5.74) is 3.65. The Bertz CT molecular complexity index is 738. The van der Waals surface area contributed by atoms with E-state index in [2.05, 4.69) is 15.8 Å². The molecule has 0 saturated heterocycles. The van der Waals surface area contributed by atoms with Gasteiger partial charge in [0.15, 0.2) is 0 Å². The van der Waals surface area contributed by atoms with Crippen LogP contribution in [0.2, 0.25) is 0 Å². The Balaban J connectivity index is 1.79. The van der Waals surface area contributed by atoms with Gasteiger partial charge in [0.25, 0.3) is 0 Å². The van der Waals surface area contributed by atoms with E-state index in [9.17, 15) is 9.59 Å². The topological polar surface area (TPSA) is 79.8 Å². The number of ether oxygens (including phenoxy) is 1. The molecule has 0 aliphatic rings. The van der Waals surface area contributed by atoms with Gasteiger partial charge < -0.3 is 10.1 Å². The molecule has 0 aliphatic carbocycles. The fraction of sp³-hybridized carbons (Fsp3) is 0.0556. The highest BCUT2D eigenvalue weighted by atomic mass is 16.5. The second-order valence-corrected chi connectivity index (χ2v) is 4.67. The lowest BCUT2D eigenvalue weighted by molar-refractivity contribution is -0.136. The third-order valence-corrected chi connectivity index (χ3v) is 2.97. The first kappa shape index (κ1) is 17.0. The minimum absolute atomic E-state index is 0.490. The zero-order valence-electron chi connectivity index (χ0n) is 13.1. The van der Waals surface area contributed by atoms with Crippen molar-refractivity contribution in [3.8, 4) is 5.75 Å². The van der Waals surface area contributed by atoms with E-state index in [4.69, 9.17) is 4.74 Å². The van der Waals surface area contributed by atoms with Crippen LogP contribution in [-0.4, -0.2) is 25.1 Å². The summed E-state index contributed by atoms with van der Waals surface area (Å²) in [5.74, 6) is -0.994. The number of hydrogen-bond donors (Lipinski definition) is 2. The second-order valence-electron chi connectivity index (χ2n) is 4.67. The Morgan fingerprint density at radius 2 is 1.71 bits per heavy atom. The molecule has 0 aromatic heterocycles. The van der Waals surface area contributed by atoms with Crippen LogP contribution in [0.4, 0.5) is 5.69 Å². The molecule has 2 amide bonds. The molecule has 0 spiro atoms. The normalized spacial score (nSPS) is 10.7. The second kappa shape index (κ2) is 8.89. The minimum Gasteiger partial charge on any atom is -0.497 e. The molecule has 0 atom stereocenters. The highest BCUT2D eigenvalue weighted by Gasteiger charge is 2.12. The molecule has 0 radical (unpaired) electrons. The number of nitrogens with one attached hydrogen (secondary N) is 2. The van der Waals surface area contributed by atoms with Crippen molar-refractivity contribution in [2.75, 3.05) is 12.4 Å². The number of allylic oxidation sites excluding steroid dienone is 1. The highest BCUT2D eigenvalue weighted by Crippen LogP contribution is 2.14. The molecule has 0 heterocycles. The zero-order chi connectivity index (χ0) is 17.2. The molecule has 24 heavy (non-hydrogen) atoms. The van der Waals surface area contributed by atoms with E-state index in [0.29, 0.717) is 11.4 Å². The quantitative estimate of drug-likeness (QED) is 0.504. The van der Waals surface area contributed by atoms with Gasteiger partial charge in [-0.1, -0.05) is 36.4 Å². The Kier molecular flexibility index (Phi) is 6.28. The van der Waals surface area contributed by atoms with Gasteiger partial charge >= 0.3 is 11.8 Å². The molecule has 0 aliphatic heterocycles. The molecule has 6 nitrogen and oxygen atoms in total. The summed E-state index contributed by atoms with van der Waals surface area (Å²) in [6.07, 6.45) is 4.88. The lowest BCUT2D eigenvalue weighted by Crippen LogP contribution is -2.32. The van der Waals surface area contributed by atoms with Crippen molar-refractivity contribution in [3.63, 3.8) is 0 Å². The summed E-state index contributed by atoms with van der Waals surface area (Å²) in [7, 11) is 1.55. The number of amides is 2. The van der Waals surface area contributed by atoms with Crippen LogP contribution in [-0.2, 0) is 9.59 Å². The van der Waals surface area contributed by atoms with Crippen molar-refractivity contribution in [2.24, 2.45) is 5.10 Å². The van der Waals surface area contributed by atoms with Gasteiger partial charge in [-0.25, -0.2) is 5.43 Å². The van der Waals surface area contributed by atoms with Crippen LogP contribution in [0, 0.1) is 0 Å². The van der Waals surface area contributed by atoms with Crippen LogP contribution in [0.15, 0.2) is 65.8 Å². The maximum atomic E-state index is 11.7. The van der Waals surface area contributed by atoms with E-state index in [-0.39, 0.29) is 0 Å². The summed E-state index contributed by atoms with van der Waals surface area (Å²) in [6, 6.07) is 16.3. The predicted molar refractivity (Wildman–Crippen MR) is 93.7 cm³/mol. The van der Waals surface area contributed by atoms with E-state index in [0.717, 1.165) is 5.56 Å². The molecule has 2 aromatic carbocycles. The predicted octanol–water partition coefficient (Wildman–Crippen LogP) is 2.45. The summed E-state index contributed by atoms with van der Waals surface area (Å²) >= 11 is 0. The maximum absolute atomic E-state index is 11.7. The summed E-state index contributed by atoms with van der Waals surface area (Å²) < 4.78 is 5.01. The largest absolute Gasteiger partial charge is 0.497 e. The summed E-state index contributed by atoms with van der Waals surface area (Å²) in [6.45, 7) is 0. The summed E-state index contributed by atoms with van der Waals surface area (Å²) in [4.78, 5) is 23.3. The van der Waals surface area contributed by atoms with Crippen LogP contribution >= 0.6 is 0 Å². The Morgan fingerprint density at radius 3 is 2.38 bits per heavy atom. The van der Waals surface area contributed by atoms with E-state index in [1.165, 1.54) is 6.21 Å². The fourth-order valence-electron chi connectivity index (χ4n) is 1.77. The van der Waals surface area contributed by atoms with Gasteiger partial charge in [0.05, 0.1) is 7.11 Å². The first-order valence-electron chi connectivity index (χ1n) is 7.19. The fourth-order valence-corrected chi connectivity index (χ4v) is 1.77. The standard InChI is InChI=1S/C18H17N3O3/c1-24-16-11-9-15(10-12-16)20-17(22)18(23)21-19-13-5-8-14-6-3-2-4-7-14/h2-13H,1H3,(H,20,22)(H,21,23). The van der Waals surface area contributed by atoms with Crippen molar-refractivity contribution in [2.45, 2.75) is 0 Å². The van der Waals surface area contributed by atoms with Gasteiger partial charge in [-0.2, -0.15) is 5.10 Å². The van der Waals surface area contributed by atoms with Gasteiger partial charge in [-0.05, 0) is 35.9 Å². The van der Waals surface area contributed by atoms with Gasteiger partial charge in [0.2, 0.25) is 0 Å². The van der Waals surface area contributed by atoms with Crippen molar-refractivity contribution in [1.82, 2.24) is 5.43 Å². The third-order valence-electron chi connectivity index (χ3n) is 2.97. The number of carbonyl (C=O) groups excluding carboxylic acids is 2. The number of hydrogen-bond acceptors (Lipinski definition) is 4. The summed E-state index contributed by atoms with van der Waals surface area (Å²) in [5, 5.41) is 6.15. The first-order valence-corrected chi connectivity index (χ1v) is 7.19. The molecule has 6 heteroatoms. The number of rotatable bonds is 5. The van der Waals surface area contributed by atoms with Crippen LogP contribution in [0.5, 0.6) is 5.75 Å². The number of nitrogens with zero attached hydrogens (tertiary/aromatic N) is 1. The average molecular weight is 323 g/mol. The lowest BCUT2D eigenvalue weighted by Gasteiger charge is -2.04. The van der Waals surface area contributed by atoms with Crippen LogP contribution in [0.3, 0.4) is 0 Å². The molecule has 122 valence electrons. The van der Waals surface area contributed by atoms with Crippen molar-refractivity contribution in [3.05, 3.63) is 66.2 Å². The molecule has 0 fully saturated rings. The third kappa shape index (κ3) is 5.42. The van der Waals surface area contributed by atoms with Crippen LogP contribution in [0.25, 0.3) is 6.08 Å². The van der Waals surface area contributed by atoms with Gasteiger partial charge in [0, 0.05) is 11.9 Å². The molecule has 2 N–H and O–H groups in total. The smallest absolute Gasteiger partial charge is 0.329 e. The highest BCUT2D eigenvalue weighted by molar-refractivity contribution is 6.39. The Hall–Kier alpha value is -3.41. The van der Waals surface area contributed by atoms with E-state index in [1.807, 2.05) is 36.4 Å². The van der Waals surface area contributed by atoms with Gasteiger partial charge in [-0.3, -0.25) is 9.59 Å². The minimum atomic E-state index is -0.852. The van der Waals surface area contributed by atoms with E-state index in [1.54, 1.807) is 37.5 Å². The number of benzene rings is 2. The molecule has 2 aromatic rings. The SMILES string of the molecule is COc1ccc(NC(=O)C(=O)NN=CC=Cc2ccccc2)cc1. The van der Waals surface area contributed by atoms with E-state index >= 15 is 0 Å². The first-order chi connectivity index (χ1) is 11.7. The lowest BCUT2D eigenvalue weighted by atomic mass is 10.2. The number of hydrazone groups is 1. The van der Waals surface area contributed by atoms with E-state index < -0.39 is 11.8 Å². The average Bonchev–Trinajstić information content (AvgIpc) is 2.62. The number of carbonyl (C=O) groups is 2. The van der Waals surface area contributed by atoms with Crippen molar-refractivity contribution in [1.29, 1.82) is 0 Å².